The Kier molecular flexibility index (Phi) is 37.7. The van der Waals surface area contributed by atoms with Gasteiger partial charge >= 0.3 is 0 Å². The van der Waals surface area contributed by atoms with Crippen LogP contribution in [0.5, 0.6) is 0 Å². The second-order valence-electron chi connectivity index (χ2n) is 42.8. The molecule has 680 valence electrons. The molecule has 0 nitrogen and oxygen atoms in total. The Balaban J connectivity index is 0.000000798. The van der Waals surface area contributed by atoms with E-state index in [-0.39, 0.29) is 14.3 Å². The molecule has 0 saturated heterocycles. The Labute approximate surface area is 756 Å². The predicted molar refractivity (Wildman–Crippen MR) is 549 cm³/mol. The van der Waals surface area contributed by atoms with Gasteiger partial charge in [-0.2, -0.15) is 0 Å². The van der Waals surface area contributed by atoms with E-state index in [0.29, 0.717) is 0 Å². The summed E-state index contributed by atoms with van der Waals surface area (Å²) in [6, 6.07) is 23.8. The summed E-state index contributed by atoms with van der Waals surface area (Å²) in [6.45, 7) is 49.0. The molecule has 0 radical (unpaired) electrons. The van der Waals surface area contributed by atoms with Crippen LogP contribution in [0.3, 0.4) is 0 Å². The molecule has 0 heterocycles. The average Bonchev–Trinajstić information content (AvgIpc) is 0.824. The number of aryl methyl sites for hydroxylation is 5. The van der Waals surface area contributed by atoms with Crippen molar-refractivity contribution < 1.29 is 14.3 Å². The monoisotopic (exact) mass is 1640 g/mol. The molecule has 120 heavy (non-hydrogen) atoms. The van der Waals surface area contributed by atoms with Crippen molar-refractivity contribution in [3.05, 3.63) is 234 Å². The van der Waals surface area contributed by atoms with Crippen molar-refractivity contribution in [2.45, 2.75) is 424 Å². The van der Waals surface area contributed by atoms with E-state index >= 15 is 0 Å². The molecule has 0 heteroatoms. The first-order chi connectivity index (χ1) is 58.0. The van der Waals surface area contributed by atoms with Crippen LogP contribution >= 0.6 is 0 Å². The molecule has 0 aromatic heterocycles. The minimum Gasteiger partial charge on any atom is -0.103 e. The summed E-state index contributed by atoms with van der Waals surface area (Å²) in [5, 5.41) is 0. The van der Waals surface area contributed by atoms with Gasteiger partial charge < -0.3 is 0 Å². The largest absolute Gasteiger partial charge is 0.103 e. The number of unbranched alkanes of at least 4 members (excludes halogenated alkanes) is 1. The Morgan fingerprint density at radius 1 is 0.225 bits per heavy atom. The number of benzene rings is 5. The molecule has 0 atom stereocenters. The molecule has 5 aromatic rings. The number of allylic oxidation sites excluding steroid dienone is 8. The Morgan fingerprint density at radius 2 is 0.392 bits per heavy atom. The molecule has 0 spiro atoms. The first kappa shape index (κ1) is 95.5. The van der Waals surface area contributed by atoms with Crippen molar-refractivity contribution in [2.75, 3.05) is 0 Å². The Hall–Kier alpha value is -5.20. The van der Waals surface area contributed by atoms with Crippen molar-refractivity contribution in [2.24, 2.45) is 88.8 Å². The van der Waals surface area contributed by atoms with Crippen LogP contribution < -0.4 is 0 Å². The van der Waals surface area contributed by atoms with E-state index in [1.165, 1.54) is 325 Å². The highest BCUT2D eigenvalue weighted by atomic mass is 14.4. The smallest absolute Gasteiger partial charge is 0 e. The summed E-state index contributed by atoms with van der Waals surface area (Å²) in [4.78, 5) is 0. The summed E-state index contributed by atoms with van der Waals surface area (Å²) in [6.07, 6.45) is 79.0. The van der Waals surface area contributed by atoms with E-state index in [9.17, 15) is 0 Å². The molecular weight excluding hydrogens is 1440 g/mol. The third-order valence-electron chi connectivity index (χ3n) is 36.4. The third kappa shape index (κ3) is 25.6. The fraction of sp³-hybridized carbons (Fsp3) is 0.667. The molecule has 10 aliphatic rings. The molecule has 15 rings (SSSR count). The standard InChI is InChI=1S/C26H40.2C24H36.2C23H34.10H2/c1-5-6-7-8-22-10-12-23(13-11-22)24-14-16-25(17-15-24)26-18-9-19(2)20(3)21(26)4;2*1-5-6-20-8-10-21(11-9-20)22-12-14-23(15-13-22)24-16-7-17(2)18(3)19(24)4;2*1-5-19-7-9-20(10-8-19)21-11-13-22(14-12-21)23-15-6-16(2)17(3)18(23)4;;;;;;;;;;/h7-9,18,22-25H,5-6,10-17H2,1-4H3;2*5-7,16,20-23H,8-15H2,1-4H3;2*5-6,15,19-22H,1,7-14H2,2-4H3;10*1H/b8-7+;2*6-5+;;;;;;;;;;;;. The fourth-order valence-electron chi connectivity index (χ4n) is 26.7. The third-order valence-corrected chi connectivity index (χ3v) is 36.4. The summed E-state index contributed by atoms with van der Waals surface area (Å²) in [5.74, 6) is 18.5. The lowest BCUT2D eigenvalue weighted by Gasteiger charge is -2.38. The van der Waals surface area contributed by atoms with Crippen molar-refractivity contribution in [1.82, 2.24) is 0 Å². The zero-order valence-corrected chi connectivity index (χ0v) is 81.1. The van der Waals surface area contributed by atoms with Crippen LogP contribution in [0.4, 0.5) is 0 Å². The molecule has 0 aliphatic heterocycles. The molecular formula is C120H200. The van der Waals surface area contributed by atoms with Gasteiger partial charge in [-0.1, -0.05) is 123 Å². The van der Waals surface area contributed by atoms with Crippen molar-refractivity contribution in [3.63, 3.8) is 0 Å². The van der Waals surface area contributed by atoms with Crippen LogP contribution in [0.2, 0.25) is 0 Å². The molecule has 0 amide bonds. The normalized spacial score (nSPS) is 31.3. The van der Waals surface area contributed by atoms with E-state index in [4.69, 9.17) is 0 Å². The molecule has 5 aromatic carbocycles. The molecule has 10 aliphatic carbocycles. The number of hydrogen-bond donors (Lipinski definition) is 0. The Bertz CT molecular complexity index is 3850. The Morgan fingerprint density at radius 3 is 0.558 bits per heavy atom. The van der Waals surface area contributed by atoms with Gasteiger partial charge in [-0.15, -0.1) is 13.2 Å². The first-order valence-electron chi connectivity index (χ1n) is 51.5. The van der Waals surface area contributed by atoms with E-state index in [1.807, 2.05) is 0 Å². The maximum atomic E-state index is 3.99. The van der Waals surface area contributed by atoms with Gasteiger partial charge in [0.1, 0.15) is 0 Å². The van der Waals surface area contributed by atoms with Crippen LogP contribution in [0, 0.1) is 193 Å². The van der Waals surface area contributed by atoms with E-state index in [0.717, 1.165) is 118 Å². The van der Waals surface area contributed by atoms with Crippen LogP contribution in [0.25, 0.3) is 0 Å². The van der Waals surface area contributed by atoms with Crippen LogP contribution in [0.15, 0.2) is 122 Å². The minimum atomic E-state index is 0. The molecule has 0 N–H and O–H groups in total. The van der Waals surface area contributed by atoms with Gasteiger partial charge in [0.2, 0.25) is 0 Å². The van der Waals surface area contributed by atoms with Crippen LogP contribution in [-0.2, 0) is 0 Å². The summed E-state index contributed by atoms with van der Waals surface area (Å²) in [5.41, 5.74) is 30.8. The highest BCUT2D eigenvalue weighted by Crippen LogP contribution is 2.52. The van der Waals surface area contributed by atoms with Gasteiger partial charge in [-0.3, -0.25) is 0 Å². The van der Waals surface area contributed by atoms with Gasteiger partial charge in [-0.25, -0.2) is 0 Å². The van der Waals surface area contributed by atoms with Crippen molar-refractivity contribution >= 4 is 0 Å². The fourth-order valence-corrected chi connectivity index (χ4v) is 26.7. The maximum absolute atomic E-state index is 3.99. The second-order valence-corrected chi connectivity index (χ2v) is 42.8. The van der Waals surface area contributed by atoms with E-state index in [2.05, 4.69) is 247 Å². The summed E-state index contributed by atoms with van der Waals surface area (Å²) >= 11 is 0. The predicted octanol–water partition coefficient (Wildman–Crippen LogP) is 38.8. The summed E-state index contributed by atoms with van der Waals surface area (Å²) in [7, 11) is 0. The zero-order valence-electron chi connectivity index (χ0n) is 81.1. The highest BCUT2D eigenvalue weighted by molar-refractivity contribution is 5.45. The lowest BCUT2D eigenvalue weighted by atomic mass is 9.68. The van der Waals surface area contributed by atoms with Gasteiger partial charge in [-0.05, 0) is 611 Å². The zero-order chi connectivity index (χ0) is 85.5. The van der Waals surface area contributed by atoms with E-state index < -0.39 is 0 Å². The molecule has 10 saturated carbocycles. The van der Waals surface area contributed by atoms with Gasteiger partial charge in [0.05, 0.1) is 0 Å². The average molecular weight is 1640 g/mol. The second kappa shape index (κ2) is 47.4. The quantitative estimate of drug-likeness (QED) is 0.0814. The first-order valence-corrected chi connectivity index (χ1v) is 51.5. The maximum Gasteiger partial charge on any atom is 0 e. The minimum absolute atomic E-state index is 0. The number of rotatable bonds is 17. The number of hydrogen-bond acceptors (Lipinski definition) is 0. The summed E-state index contributed by atoms with van der Waals surface area (Å²) < 4.78 is 0. The van der Waals surface area contributed by atoms with Gasteiger partial charge in [0.25, 0.3) is 0 Å². The van der Waals surface area contributed by atoms with E-state index in [1.54, 1.807) is 55.6 Å². The van der Waals surface area contributed by atoms with Gasteiger partial charge in [0, 0.05) is 14.3 Å². The lowest BCUT2D eigenvalue weighted by molar-refractivity contribution is 0.171. The lowest BCUT2D eigenvalue weighted by Crippen LogP contribution is -2.25. The molecule has 0 bridgehead atoms. The highest BCUT2D eigenvalue weighted by Gasteiger charge is 2.38. The van der Waals surface area contributed by atoms with Gasteiger partial charge in [0.15, 0.2) is 0 Å². The van der Waals surface area contributed by atoms with Crippen LogP contribution in [-0.4, -0.2) is 0 Å². The molecule has 10 fully saturated rings. The van der Waals surface area contributed by atoms with Crippen LogP contribution in [0.1, 0.15) is 446 Å². The SMILES string of the molecule is C/C=C/C1CCC(C2CCC(c3ccc(C)c(C)c3C)CC2)CC1.C/C=C/C1CCC(C2CCC(c3ccc(C)c(C)c3C)CC2)CC1.C=CC1CCC(C2CCC(c3ccc(C)c(C)c3C)CC2)CC1.C=CC1CCC(C2CCC(c3ccc(C)c(C)c3C)CC2)CC1.CCC/C=C/C1CCC(C2CCC(c3ccc(C)c(C)c3C)CC2)CC1.[HH].[HH].[HH].[HH].[HH].[HH].[HH].[HH].[HH].[HH]. The molecule has 0 unspecified atom stereocenters. The van der Waals surface area contributed by atoms with Crippen molar-refractivity contribution in [3.8, 4) is 0 Å². The topological polar surface area (TPSA) is 0 Å². The van der Waals surface area contributed by atoms with Crippen molar-refractivity contribution in [1.29, 1.82) is 0 Å².